The zero-order valence-corrected chi connectivity index (χ0v) is 12.4. The minimum atomic E-state index is 0.496. The van der Waals surface area contributed by atoms with Crippen molar-refractivity contribution in [2.45, 2.75) is 76.3 Å². The molecule has 2 unspecified atom stereocenters. The van der Waals surface area contributed by atoms with Crippen LogP contribution in [-0.2, 0) is 0 Å². The Morgan fingerprint density at radius 2 is 1.05 bits per heavy atom. The second-order valence-electron chi connectivity index (χ2n) is 6.65. The topological polar surface area (TPSA) is 64.1 Å². The van der Waals surface area contributed by atoms with Gasteiger partial charge in [0.1, 0.15) is 0 Å². The number of rotatable bonds is 6. The Labute approximate surface area is 118 Å². The molecule has 5 N–H and O–H groups in total. The Bertz CT molecular complexity index is 208. The quantitative estimate of drug-likeness (QED) is 0.692. The average Bonchev–Trinajstić information content (AvgIpc) is 2.50. The van der Waals surface area contributed by atoms with Crippen molar-refractivity contribution in [3.05, 3.63) is 0 Å². The first-order valence-corrected chi connectivity index (χ1v) is 8.51. The summed E-state index contributed by atoms with van der Waals surface area (Å²) >= 11 is 0. The third kappa shape index (κ3) is 4.44. The zero-order valence-electron chi connectivity index (χ0n) is 12.4. The summed E-state index contributed by atoms with van der Waals surface area (Å²) in [5.74, 6) is 1.58. The van der Waals surface area contributed by atoms with E-state index in [1.165, 1.54) is 64.2 Å². The molecule has 2 atom stereocenters. The Morgan fingerprint density at radius 1 is 0.684 bits per heavy atom. The van der Waals surface area contributed by atoms with Crippen LogP contribution in [0.3, 0.4) is 0 Å². The van der Waals surface area contributed by atoms with Crippen LogP contribution in [0.5, 0.6) is 0 Å². The summed E-state index contributed by atoms with van der Waals surface area (Å²) in [7, 11) is 0. The van der Waals surface area contributed by atoms with Crippen LogP contribution in [0.4, 0.5) is 0 Å². The van der Waals surface area contributed by atoms with Gasteiger partial charge in [-0.25, -0.2) is 0 Å². The number of hydrogen-bond donors (Lipinski definition) is 3. The maximum atomic E-state index is 6.03. The van der Waals surface area contributed by atoms with Crippen molar-refractivity contribution in [2.75, 3.05) is 13.1 Å². The van der Waals surface area contributed by atoms with Crippen molar-refractivity contribution < 1.29 is 0 Å². The molecule has 0 spiro atoms. The lowest BCUT2D eigenvalue weighted by atomic mass is 9.80. The smallest absolute Gasteiger partial charge is 0.0221 e. The normalized spacial score (nSPS) is 26.2. The van der Waals surface area contributed by atoms with Crippen LogP contribution in [0.15, 0.2) is 0 Å². The highest BCUT2D eigenvalue weighted by Gasteiger charge is 2.28. The van der Waals surface area contributed by atoms with Gasteiger partial charge in [0.15, 0.2) is 0 Å². The fraction of sp³-hybridized carbons (Fsp3) is 1.00. The first kappa shape index (κ1) is 15.3. The second kappa shape index (κ2) is 8.23. The minimum Gasteiger partial charge on any atom is -0.329 e. The van der Waals surface area contributed by atoms with E-state index < -0.39 is 0 Å². The van der Waals surface area contributed by atoms with Gasteiger partial charge < -0.3 is 16.8 Å². The van der Waals surface area contributed by atoms with Crippen molar-refractivity contribution in [3.8, 4) is 0 Å². The molecule has 0 saturated heterocycles. The molecule has 0 amide bonds. The van der Waals surface area contributed by atoms with Crippen molar-refractivity contribution in [1.82, 2.24) is 5.32 Å². The summed E-state index contributed by atoms with van der Waals surface area (Å²) in [5, 5.41) is 3.84. The van der Waals surface area contributed by atoms with E-state index in [2.05, 4.69) is 5.32 Å². The maximum Gasteiger partial charge on any atom is 0.0221 e. The van der Waals surface area contributed by atoms with E-state index in [9.17, 15) is 0 Å². The molecule has 0 aromatic carbocycles. The van der Waals surface area contributed by atoms with Gasteiger partial charge in [-0.15, -0.1) is 0 Å². The highest BCUT2D eigenvalue weighted by atomic mass is 15.0. The van der Waals surface area contributed by atoms with E-state index in [1.54, 1.807) is 0 Å². The summed E-state index contributed by atoms with van der Waals surface area (Å²) in [6.07, 6.45) is 13.8. The van der Waals surface area contributed by atoms with E-state index in [-0.39, 0.29) is 0 Å². The maximum absolute atomic E-state index is 6.03. The van der Waals surface area contributed by atoms with Crippen LogP contribution in [-0.4, -0.2) is 25.2 Å². The number of nitrogens with one attached hydrogen (secondary N) is 1. The molecule has 0 radical (unpaired) electrons. The summed E-state index contributed by atoms with van der Waals surface area (Å²) < 4.78 is 0. The predicted molar refractivity (Wildman–Crippen MR) is 82.0 cm³/mol. The standard InChI is InChI=1S/C16H33N3/c17-11-15(13-7-3-1-4-8-13)19-16(12-18)14-9-5-2-6-10-14/h13-16,19H,1-12,17-18H2. The monoisotopic (exact) mass is 267 g/mol. The Morgan fingerprint density at radius 3 is 1.37 bits per heavy atom. The second-order valence-corrected chi connectivity index (χ2v) is 6.65. The fourth-order valence-electron chi connectivity index (χ4n) is 4.14. The molecule has 0 aliphatic heterocycles. The molecule has 0 aromatic heterocycles. The fourth-order valence-corrected chi connectivity index (χ4v) is 4.14. The molecule has 2 aliphatic carbocycles. The largest absolute Gasteiger partial charge is 0.329 e. The molecule has 2 aliphatic rings. The van der Waals surface area contributed by atoms with Crippen molar-refractivity contribution in [2.24, 2.45) is 23.3 Å². The first-order valence-electron chi connectivity index (χ1n) is 8.51. The third-order valence-electron chi connectivity index (χ3n) is 5.37. The lowest BCUT2D eigenvalue weighted by Gasteiger charge is -2.37. The van der Waals surface area contributed by atoms with Crippen LogP contribution < -0.4 is 16.8 Å². The van der Waals surface area contributed by atoms with Gasteiger partial charge in [0.2, 0.25) is 0 Å². The minimum absolute atomic E-state index is 0.496. The molecule has 3 heteroatoms. The van der Waals surface area contributed by atoms with Gasteiger partial charge in [-0.3, -0.25) is 0 Å². The number of nitrogens with two attached hydrogens (primary N) is 2. The van der Waals surface area contributed by atoms with Gasteiger partial charge in [0.25, 0.3) is 0 Å². The molecule has 19 heavy (non-hydrogen) atoms. The van der Waals surface area contributed by atoms with E-state index in [0.29, 0.717) is 12.1 Å². The SMILES string of the molecule is NCC(NC(CN)C1CCCCC1)C1CCCCC1. The van der Waals surface area contributed by atoms with Crippen LogP contribution in [0.25, 0.3) is 0 Å². The highest BCUT2D eigenvalue weighted by molar-refractivity contribution is 4.87. The lowest BCUT2D eigenvalue weighted by molar-refractivity contribution is 0.206. The van der Waals surface area contributed by atoms with Crippen molar-refractivity contribution >= 4 is 0 Å². The predicted octanol–water partition coefficient (Wildman–Crippen LogP) is 2.39. The highest BCUT2D eigenvalue weighted by Crippen LogP contribution is 2.29. The summed E-state index contributed by atoms with van der Waals surface area (Å²) in [6, 6.07) is 0.992. The summed E-state index contributed by atoms with van der Waals surface area (Å²) in [4.78, 5) is 0. The molecule has 0 aromatic rings. The van der Waals surface area contributed by atoms with Gasteiger partial charge >= 0.3 is 0 Å². The molecule has 3 nitrogen and oxygen atoms in total. The van der Waals surface area contributed by atoms with E-state index in [0.717, 1.165) is 24.9 Å². The number of hydrogen-bond acceptors (Lipinski definition) is 3. The molecule has 112 valence electrons. The Balaban J connectivity index is 1.86. The summed E-state index contributed by atoms with van der Waals surface area (Å²) in [6.45, 7) is 1.54. The van der Waals surface area contributed by atoms with Gasteiger partial charge in [0, 0.05) is 25.2 Å². The summed E-state index contributed by atoms with van der Waals surface area (Å²) in [5.41, 5.74) is 12.1. The van der Waals surface area contributed by atoms with Crippen LogP contribution in [0, 0.1) is 11.8 Å². The van der Waals surface area contributed by atoms with Gasteiger partial charge in [-0.05, 0) is 37.5 Å². The van der Waals surface area contributed by atoms with E-state index >= 15 is 0 Å². The van der Waals surface area contributed by atoms with Crippen LogP contribution in [0.1, 0.15) is 64.2 Å². The molecule has 0 heterocycles. The average molecular weight is 267 g/mol. The van der Waals surface area contributed by atoms with E-state index in [4.69, 9.17) is 11.5 Å². The zero-order chi connectivity index (χ0) is 13.5. The Hall–Kier alpha value is -0.120. The van der Waals surface area contributed by atoms with Gasteiger partial charge in [0.05, 0.1) is 0 Å². The van der Waals surface area contributed by atoms with Crippen LogP contribution in [0.2, 0.25) is 0 Å². The van der Waals surface area contributed by atoms with Gasteiger partial charge in [-0.2, -0.15) is 0 Å². The molecule has 2 rings (SSSR count). The molecular formula is C16H33N3. The molecule has 2 saturated carbocycles. The first-order chi connectivity index (χ1) is 9.35. The molecular weight excluding hydrogens is 234 g/mol. The van der Waals surface area contributed by atoms with Gasteiger partial charge in [-0.1, -0.05) is 38.5 Å². The molecule has 0 bridgehead atoms. The molecule has 2 fully saturated rings. The lowest BCUT2D eigenvalue weighted by Crippen LogP contribution is -2.53. The van der Waals surface area contributed by atoms with Crippen LogP contribution >= 0.6 is 0 Å². The van der Waals surface area contributed by atoms with E-state index in [1.807, 2.05) is 0 Å². The third-order valence-corrected chi connectivity index (χ3v) is 5.37. The Kier molecular flexibility index (Phi) is 6.62. The van der Waals surface area contributed by atoms with Crippen molar-refractivity contribution in [1.29, 1.82) is 0 Å². The van der Waals surface area contributed by atoms with Crippen molar-refractivity contribution in [3.63, 3.8) is 0 Å².